The van der Waals surface area contributed by atoms with Gasteiger partial charge in [-0.2, -0.15) is 0 Å². The van der Waals surface area contributed by atoms with Gasteiger partial charge in [0.1, 0.15) is 0 Å². The van der Waals surface area contributed by atoms with E-state index in [0.29, 0.717) is 17.4 Å². The molecule has 1 aliphatic heterocycles. The molecule has 1 heterocycles. The van der Waals surface area contributed by atoms with Crippen molar-refractivity contribution in [1.29, 1.82) is 0 Å². The van der Waals surface area contributed by atoms with Gasteiger partial charge in [0.15, 0.2) is 9.84 Å². The van der Waals surface area contributed by atoms with E-state index < -0.39 is 9.84 Å². The number of hydrogen-bond acceptors (Lipinski definition) is 3. The fraction of sp³-hybridized carbons (Fsp3) is 1.00. The first-order chi connectivity index (χ1) is 5.42. The molecule has 0 radical (unpaired) electrons. The standard InChI is InChI=1S/C8H17NO2S/c1-6(2)8(9)7-3-4-12(10,11)5-7/h6-8H,3-5,9H2,1-2H3. The Bertz CT molecular complexity index is 246. The van der Waals surface area contributed by atoms with Crippen molar-refractivity contribution in [2.45, 2.75) is 26.3 Å². The zero-order valence-electron chi connectivity index (χ0n) is 7.66. The van der Waals surface area contributed by atoms with Gasteiger partial charge in [-0.1, -0.05) is 13.8 Å². The molecule has 0 aromatic carbocycles. The Morgan fingerprint density at radius 1 is 1.42 bits per heavy atom. The van der Waals surface area contributed by atoms with Crippen molar-refractivity contribution in [2.24, 2.45) is 17.6 Å². The highest BCUT2D eigenvalue weighted by Crippen LogP contribution is 2.23. The minimum absolute atomic E-state index is 0.0438. The van der Waals surface area contributed by atoms with Gasteiger partial charge >= 0.3 is 0 Å². The zero-order valence-corrected chi connectivity index (χ0v) is 8.47. The van der Waals surface area contributed by atoms with E-state index in [2.05, 4.69) is 0 Å². The molecule has 1 fully saturated rings. The van der Waals surface area contributed by atoms with Gasteiger partial charge in [-0.3, -0.25) is 0 Å². The Balaban J connectivity index is 2.58. The second kappa shape index (κ2) is 3.34. The molecule has 1 rings (SSSR count). The minimum atomic E-state index is -2.75. The van der Waals surface area contributed by atoms with Gasteiger partial charge in [0.2, 0.25) is 0 Å². The van der Waals surface area contributed by atoms with Gasteiger partial charge < -0.3 is 5.73 Å². The molecule has 0 saturated carbocycles. The molecule has 2 N–H and O–H groups in total. The molecule has 0 aromatic rings. The number of rotatable bonds is 2. The van der Waals surface area contributed by atoms with Crippen LogP contribution in [-0.4, -0.2) is 26.0 Å². The average molecular weight is 191 g/mol. The van der Waals surface area contributed by atoms with E-state index in [1.807, 2.05) is 13.8 Å². The summed E-state index contributed by atoms with van der Waals surface area (Å²) in [7, 11) is -2.75. The summed E-state index contributed by atoms with van der Waals surface area (Å²) in [5.74, 6) is 1.20. The maximum atomic E-state index is 11.1. The van der Waals surface area contributed by atoms with Crippen molar-refractivity contribution < 1.29 is 8.42 Å². The maximum Gasteiger partial charge on any atom is 0.150 e. The predicted octanol–water partition coefficient (Wildman–Crippen LogP) is 0.404. The summed E-state index contributed by atoms with van der Waals surface area (Å²) in [4.78, 5) is 0. The molecular formula is C8H17NO2S. The summed E-state index contributed by atoms with van der Waals surface area (Å²) >= 11 is 0. The van der Waals surface area contributed by atoms with Crippen LogP contribution in [0.4, 0.5) is 0 Å². The molecule has 1 aliphatic rings. The fourth-order valence-corrected chi connectivity index (χ4v) is 3.54. The van der Waals surface area contributed by atoms with Crippen LogP contribution in [0.2, 0.25) is 0 Å². The van der Waals surface area contributed by atoms with Crippen molar-refractivity contribution in [3.05, 3.63) is 0 Å². The van der Waals surface area contributed by atoms with E-state index in [4.69, 9.17) is 5.73 Å². The number of hydrogen-bond donors (Lipinski definition) is 1. The summed E-state index contributed by atoms with van der Waals surface area (Å²) in [6.07, 6.45) is 0.752. The van der Waals surface area contributed by atoms with Crippen molar-refractivity contribution in [1.82, 2.24) is 0 Å². The van der Waals surface area contributed by atoms with Gasteiger partial charge in [0.25, 0.3) is 0 Å². The highest BCUT2D eigenvalue weighted by atomic mass is 32.2. The first kappa shape index (κ1) is 9.99. The van der Waals surface area contributed by atoms with Crippen LogP contribution in [0.5, 0.6) is 0 Å². The molecule has 72 valence electrons. The molecule has 2 atom stereocenters. The summed E-state index contributed by atoms with van der Waals surface area (Å²) in [5, 5.41) is 0. The van der Waals surface area contributed by atoms with Crippen LogP contribution < -0.4 is 5.73 Å². The van der Waals surface area contributed by atoms with Gasteiger partial charge in [-0.05, 0) is 18.3 Å². The Hall–Kier alpha value is -0.0900. The van der Waals surface area contributed by atoms with E-state index in [1.165, 1.54) is 0 Å². The Morgan fingerprint density at radius 2 is 2.00 bits per heavy atom. The smallest absolute Gasteiger partial charge is 0.150 e. The van der Waals surface area contributed by atoms with Crippen LogP contribution in [0.25, 0.3) is 0 Å². The van der Waals surface area contributed by atoms with E-state index in [9.17, 15) is 8.42 Å². The van der Waals surface area contributed by atoms with Crippen molar-refractivity contribution in [3.63, 3.8) is 0 Å². The molecule has 3 nitrogen and oxygen atoms in total. The second-order valence-corrected chi connectivity index (χ2v) is 6.21. The zero-order chi connectivity index (χ0) is 9.35. The molecule has 0 aromatic heterocycles. The third-order valence-corrected chi connectivity index (χ3v) is 4.38. The lowest BCUT2D eigenvalue weighted by Crippen LogP contribution is -2.35. The van der Waals surface area contributed by atoms with Crippen LogP contribution >= 0.6 is 0 Å². The van der Waals surface area contributed by atoms with Gasteiger partial charge in [0.05, 0.1) is 11.5 Å². The lowest BCUT2D eigenvalue weighted by Gasteiger charge is -2.21. The Morgan fingerprint density at radius 3 is 2.33 bits per heavy atom. The molecule has 1 saturated heterocycles. The van der Waals surface area contributed by atoms with Crippen molar-refractivity contribution >= 4 is 9.84 Å². The minimum Gasteiger partial charge on any atom is -0.327 e. The molecule has 0 bridgehead atoms. The van der Waals surface area contributed by atoms with Crippen LogP contribution in [0.1, 0.15) is 20.3 Å². The normalized spacial score (nSPS) is 30.8. The summed E-state index contributed by atoms with van der Waals surface area (Å²) in [6.45, 7) is 4.07. The lowest BCUT2D eigenvalue weighted by atomic mass is 9.91. The molecule has 12 heavy (non-hydrogen) atoms. The SMILES string of the molecule is CC(C)C(N)C1CCS(=O)(=O)C1. The first-order valence-corrected chi connectivity index (χ1v) is 6.20. The topological polar surface area (TPSA) is 60.2 Å². The van der Waals surface area contributed by atoms with E-state index in [-0.39, 0.29) is 12.0 Å². The van der Waals surface area contributed by atoms with Crippen molar-refractivity contribution in [3.8, 4) is 0 Å². The van der Waals surface area contributed by atoms with Gasteiger partial charge in [-0.25, -0.2) is 8.42 Å². The molecule has 4 heteroatoms. The van der Waals surface area contributed by atoms with Gasteiger partial charge in [0, 0.05) is 6.04 Å². The van der Waals surface area contributed by atoms with Gasteiger partial charge in [-0.15, -0.1) is 0 Å². The molecule has 0 spiro atoms. The first-order valence-electron chi connectivity index (χ1n) is 4.38. The Kier molecular flexibility index (Phi) is 2.78. The Labute approximate surface area is 74.3 Å². The number of nitrogens with two attached hydrogens (primary N) is 1. The third kappa shape index (κ3) is 2.20. The third-order valence-electron chi connectivity index (χ3n) is 2.58. The van der Waals surface area contributed by atoms with Crippen LogP contribution in [-0.2, 0) is 9.84 Å². The number of sulfone groups is 1. The molecule has 0 amide bonds. The summed E-state index contributed by atoms with van der Waals surface area (Å²) < 4.78 is 22.2. The van der Waals surface area contributed by atoms with E-state index in [1.54, 1.807) is 0 Å². The molecular weight excluding hydrogens is 174 g/mol. The van der Waals surface area contributed by atoms with Crippen LogP contribution in [0.15, 0.2) is 0 Å². The molecule has 0 aliphatic carbocycles. The van der Waals surface area contributed by atoms with E-state index >= 15 is 0 Å². The fourth-order valence-electron chi connectivity index (χ4n) is 1.67. The second-order valence-electron chi connectivity index (χ2n) is 3.98. The highest BCUT2D eigenvalue weighted by molar-refractivity contribution is 7.91. The summed E-state index contributed by atoms with van der Waals surface area (Å²) in [5.41, 5.74) is 5.88. The summed E-state index contributed by atoms with van der Waals surface area (Å²) in [6, 6.07) is 0.0438. The van der Waals surface area contributed by atoms with Crippen LogP contribution in [0.3, 0.4) is 0 Å². The monoisotopic (exact) mass is 191 g/mol. The van der Waals surface area contributed by atoms with Crippen LogP contribution in [0, 0.1) is 11.8 Å². The lowest BCUT2D eigenvalue weighted by molar-refractivity contribution is 0.369. The quantitative estimate of drug-likeness (QED) is 0.687. The largest absolute Gasteiger partial charge is 0.327 e. The predicted molar refractivity (Wildman–Crippen MR) is 49.6 cm³/mol. The average Bonchev–Trinajstić information content (AvgIpc) is 2.28. The molecule has 2 unspecified atom stereocenters. The van der Waals surface area contributed by atoms with Crippen molar-refractivity contribution in [2.75, 3.05) is 11.5 Å². The highest BCUT2D eigenvalue weighted by Gasteiger charge is 2.32. The maximum absolute atomic E-state index is 11.1. The van der Waals surface area contributed by atoms with E-state index in [0.717, 1.165) is 6.42 Å².